The van der Waals surface area contributed by atoms with Crippen LogP contribution in [0.15, 0.2) is 60.7 Å². The summed E-state index contributed by atoms with van der Waals surface area (Å²) in [5, 5.41) is 2.94. The molecule has 2 aromatic rings. The maximum absolute atomic E-state index is 12.9. The molecule has 3 rings (SSSR count). The SMILES string of the molecule is C[C@H](CCc1ccccc1)NC(=O)CN1CCCN(Cc2ccccc2)S1(=O)=O. The monoisotopic (exact) mass is 415 g/mol. The van der Waals surface area contributed by atoms with Crippen molar-refractivity contribution in [1.29, 1.82) is 0 Å². The Labute approximate surface area is 173 Å². The van der Waals surface area contributed by atoms with E-state index in [-0.39, 0.29) is 18.5 Å². The zero-order valence-corrected chi connectivity index (χ0v) is 17.6. The average Bonchev–Trinajstić information content (AvgIpc) is 2.71. The van der Waals surface area contributed by atoms with Crippen LogP contribution in [0.1, 0.15) is 30.9 Å². The number of amides is 1. The Morgan fingerprint density at radius 1 is 0.966 bits per heavy atom. The fraction of sp³-hybridized carbons (Fsp3) is 0.409. The summed E-state index contributed by atoms with van der Waals surface area (Å²) < 4.78 is 28.6. The lowest BCUT2D eigenvalue weighted by atomic mass is 10.1. The molecule has 1 atom stereocenters. The van der Waals surface area contributed by atoms with Gasteiger partial charge in [0.15, 0.2) is 0 Å². The number of carbonyl (C=O) groups excluding carboxylic acids is 1. The summed E-state index contributed by atoms with van der Waals surface area (Å²) in [5.41, 5.74) is 2.17. The molecule has 0 radical (unpaired) electrons. The molecule has 0 spiro atoms. The van der Waals surface area contributed by atoms with Crippen molar-refractivity contribution in [3.63, 3.8) is 0 Å². The van der Waals surface area contributed by atoms with Crippen LogP contribution in [0.3, 0.4) is 0 Å². The number of aryl methyl sites for hydroxylation is 1. The summed E-state index contributed by atoms with van der Waals surface area (Å²) in [6.07, 6.45) is 2.39. The van der Waals surface area contributed by atoms with Gasteiger partial charge in [-0.2, -0.15) is 17.0 Å². The third kappa shape index (κ3) is 6.13. The van der Waals surface area contributed by atoms with Gasteiger partial charge in [0.05, 0.1) is 6.54 Å². The molecule has 1 fully saturated rings. The van der Waals surface area contributed by atoms with Gasteiger partial charge in [-0.25, -0.2) is 0 Å². The van der Waals surface area contributed by atoms with E-state index in [1.807, 2.05) is 55.5 Å². The smallest absolute Gasteiger partial charge is 0.282 e. The molecular weight excluding hydrogens is 386 g/mol. The van der Waals surface area contributed by atoms with Crippen LogP contribution in [0.5, 0.6) is 0 Å². The first kappa shape index (κ1) is 21.5. The molecule has 1 aliphatic rings. The van der Waals surface area contributed by atoms with E-state index in [1.54, 1.807) is 0 Å². The molecule has 1 N–H and O–H groups in total. The van der Waals surface area contributed by atoms with Gasteiger partial charge in [-0.15, -0.1) is 0 Å². The predicted octanol–water partition coefficient (Wildman–Crippen LogP) is 2.58. The largest absolute Gasteiger partial charge is 0.352 e. The zero-order valence-electron chi connectivity index (χ0n) is 16.8. The Hall–Kier alpha value is -2.22. The maximum Gasteiger partial charge on any atom is 0.282 e. The average molecular weight is 416 g/mol. The van der Waals surface area contributed by atoms with E-state index in [4.69, 9.17) is 0 Å². The third-order valence-corrected chi connectivity index (χ3v) is 7.03. The lowest BCUT2D eigenvalue weighted by molar-refractivity contribution is -0.122. The van der Waals surface area contributed by atoms with Gasteiger partial charge in [0.1, 0.15) is 0 Å². The van der Waals surface area contributed by atoms with Crippen LogP contribution in [0.2, 0.25) is 0 Å². The Bertz CT molecular complexity index is 888. The second-order valence-corrected chi connectivity index (χ2v) is 9.44. The summed E-state index contributed by atoms with van der Waals surface area (Å²) in [6.45, 7) is 2.99. The van der Waals surface area contributed by atoms with E-state index in [0.717, 1.165) is 18.4 Å². The fourth-order valence-electron chi connectivity index (χ4n) is 3.51. The van der Waals surface area contributed by atoms with E-state index in [2.05, 4.69) is 17.4 Å². The fourth-order valence-corrected chi connectivity index (χ4v) is 5.15. The molecule has 1 heterocycles. The number of rotatable bonds is 8. The summed E-state index contributed by atoms with van der Waals surface area (Å²) >= 11 is 0. The van der Waals surface area contributed by atoms with Gasteiger partial charge in [0, 0.05) is 25.7 Å². The lowest BCUT2D eigenvalue weighted by Crippen LogP contribution is -2.52. The second kappa shape index (κ2) is 10.0. The minimum absolute atomic E-state index is 0.0179. The summed E-state index contributed by atoms with van der Waals surface area (Å²) in [7, 11) is -3.64. The second-order valence-electron chi connectivity index (χ2n) is 7.51. The molecular formula is C22H29N3O3S. The van der Waals surface area contributed by atoms with Gasteiger partial charge in [-0.1, -0.05) is 60.7 Å². The van der Waals surface area contributed by atoms with Crippen LogP contribution in [0, 0.1) is 0 Å². The number of nitrogens with zero attached hydrogens (tertiary/aromatic N) is 2. The first-order valence-electron chi connectivity index (χ1n) is 10.1. The summed E-state index contributed by atoms with van der Waals surface area (Å²) in [5.74, 6) is -0.254. The van der Waals surface area contributed by atoms with Crippen molar-refractivity contribution in [1.82, 2.24) is 13.9 Å². The highest BCUT2D eigenvalue weighted by atomic mass is 32.2. The Balaban J connectivity index is 1.52. The van der Waals surface area contributed by atoms with Gasteiger partial charge in [-0.05, 0) is 37.3 Å². The van der Waals surface area contributed by atoms with Crippen LogP contribution in [-0.4, -0.2) is 48.6 Å². The molecule has 7 heteroatoms. The molecule has 1 saturated heterocycles. The van der Waals surface area contributed by atoms with Gasteiger partial charge < -0.3 is 5.32 Å². The third-order valence-electron chi connectivity index (χ3n) is 5.11. The van der Waals surface area contributed by atoms with E-state index >= 15 is 0 Å². The highest BCUT2D eigenvalue weighted by molar-refractivity contribution is 7.86. The predicted molar refractivity (Wildman–Crippen MR) is 114 cm³/mol. The van der Waals surface area contributed by atoms with Crippen LogP contribution in [0.25, 0.3) is 0 Å². The quantitative estimate of drug-likeness (QED) is 0.720. The highest BCUT2D eigenvalue weighted by Crippen LogP contribution is 2.19. The Morgan fingerprint density at radius 3 is 2.21 bits per heavy atom. The van der Waals surface area contributed by atoms with Crippen LogP contribution < -0.4 is 5.32 Å². The van der Waals surface area contributed by atoms with E-state index in [1.165, 1.54) is 14.2 Å². The van der Waals surface area contributed by atoms with Gasteiger partial charge in [0.25, 0.3) is 10.2 Å². The van der Waals surface area contributed by atoms with E-state index in [9.17, 15) is 13.2 Å². The molecule has 2 aromatic carbocycles. The van der Waals surface area contributed by atoms with Gasteiger partial charge >= 0.3 is 0 Å². The topological polar surface area (TPSA) is 69.7 Å². The molecule has 156 valence electrons. The molecule has 1 aliphatic heterocycles. The summed E-state index contributed by atoms with van der Waals surface area (Å²) in [6, 6.07) is 19.6. The molecule has 0 saturated carbocycles. The van der Waals surface area contributed by atoms with E-state index in [0.29, 0.717) is 26.1 Å². The standard InChI is InChI=1S/C22H29N3O3S/c1-19(13-14-20-9-4-2-5-10-20)23-22(26)18-25-16-8-15-24(29(25,27)28)17-21-11-6-3-7-12-21/h2-7,9-12,19H,8,13-18H2,1H3,(H,23,26)/t19-/m1/s1. The Morgan fingerprint density at radius 2 is 1.55 bits per heavy atom. The number of carbonyl (C=O) groups is 1. The minimum Gasteiger partial charge on any atom is -0.352 e. The van der Waals surface area contributed by atoms with Gasteiger partial charge in [0.2, 0.25) is 5.91 Å². The first-order chi connectivity index (χ1) is 13.9. The van der Waals surface area contributed by atoms with E-state index < -0.39 is 10.2 Å². The maximum atomic E-state index is 12.9. The Kier molecular flexibility index (Phi) is 7.41. The van der Waals surface area contributed by atoms with Crippen LogP contribution >= 0.6 is 0 Å². The van der Waals surface area contributed by atoms with Crippen molar-refractivity contribution >= 4 is 16.1 Å². The van der Waals surface area contributed by atoms with Crippen LogP contribution in [-0.2, 0) is 28.0 Å². The molecule has 6 nitrogen and oxygen atoms in total. The van der Waals surface area contributed by atoms with Crippen molar-refractivity contribution in [2.75, 3.05) is 19.6 Å². The van der Waals surface area contributed by atoms with Crippen molar-refractivity contribution in [3.05, 3.63) is 71.8 Å². The number of benzene rings is 2. The van der Waals surface area contributed by atoms with Crippen molar-refractivity contribution in [3.8, 4) is 0 Å². The summed E-state index contributed by atoms with van der Waals surface area (Å²) in [4.78, 5) is 12.5. The zero-order chi connectivity index (χ0) is 20.7. The lowest BCUT2D eigenvalue weighted by Gasteiger charge is -2.34. The van der Waals surface area contributed by atoms with Crippen molar-refractivity contribution < 1.29 is 13.2 Å². The van der Waals surface area contributed by atoms with Gasteiger partial charge in [-0.3, -0.25) is 4.79 Å². The molecule has 0 aromatic heterocycles. The van der Waals surface area contributed by atoms with Crippen molar-refractivity contribution in [2.45, 2.75) is 38.8 Å². The molecule has 0 bridgehead atoms. The first-order valence-corrected chi connectivity index (χ1v) is 11.5. The van der Waals surface area contributed by atoms with Crippen molar-refractivity contribution in [2.24, 2.45) is 0 Å². The number of hydrogen-bond donors (Lipinski definition) is 1. The molecule has 0 unspecified atom stereocenters. The normalized spacial score (nSPS) is 18.2. The molecule has 1 amide bonds. The molecule has 29 heavy (non-hydrogen) atoms. The van der Waals surface area contributed by atoms with Crippen LogP contribution in [0.4, 0.5) is 0 Å². The molecule has 0 aliphatic carbocycles. The number of nitrogens with one attached hydrogen (secondary N) is 1. The minimum atomic E-state index is -3.64. The number of hydrogen-bond acceptors (Lipinski definition) is 3. The highest BCUT2D eigenvalue weighted by Gasteiger charge is 2.34.